The lowest BCUT2D eigenvalue weighted by atomic mass is 9.86. The van der Waals surface area contributed by atoms with Gasteiger partial charge >= 0.3 is 0 Å². The molecule has 0 spiro atoms. The first kappa shape index (κ1) is 12.0. The summed E-state index contributed by atoms with van der Waals surface area (Å²) in [5.41, 5.74) is 3.23. The van der Waals surface area contributed by atoms with Crippen LogP contribution >= 0.6 is 11.6 Å². The minimum Gasteiger partial charge on any atom is -0.289 e. The largest absolute Gasteiger partial charge is 0.289 e. The number of allylic oxidation sites excluding steroid dienone is 1. The van der Waals surface area contributed by atoms with Crippen molar-refractivity contribution in [1.29, 1.82) is 0 Å². The third-order valence-electron chi connectivity index (χ3n) is 2.25. The van der Waals surface area contributed by atoms with Crippen molar-refractivity contribution in [3.8, 4) is 0 Å². The van der Waals surface area contributed by atoms with Crippen molar-refractivity contribution >= 4 is 17.4 Å². The van der Waals surface area contributed by atoms with Crippen molar-refractivity contribution in [3.63, 3.8) is 0 Å². The van der Waals surface area contributed by atoms with Gasteiger partial charge in [0.1, 0.15) is 0 Å². The van der Waals surface area contributed by atoms with Gasteiger partial charge in [-0.25, -0.2) is 0 Å². The Morgan fingerprint density at radius 1 is 1.20 bits per heavy atom. The van der Waals surface area contributed by atoms with E-state index in [1.165, 1.54) is 17.2 Å². The first-order valence-electron chi connectivity index (χ1n) is 4.87. The van der Waals surface area contributed by atoms with E-state index in [0.29, 0.717) is 5.56 Å². The highest BCUT2D eigenvalue weighted by atomic mass is 35.5. The number of halogens is 1. The fourth-order valence-electron chi connectivity index (χ4n) is 1.29. The van der Waals surface area contributed by atoms with E-state index in [2.05, 4.69) is 20.8 Å². The summed E-state index contributed by atoms with van der Waals surface area (Å²) >= 11 is 5.35. The summed E-state index contributed by atoms with van der Waals surface area (Å²) in [5.74, 6) is -0.0644. The van der Waals surface area contributed by atoms with Crippen molar-refractivity contribution in [2.75, 3.05) is 0 Å². The molecule has 0 atom stereocenters. The Morgan fingerprint density at radius 2 is 1.73 bits per heavy atom. The van der Waals surface area contributed by atoms with Crippen molar-refractivity contribution < 1.29 is 4.79 Å². The van der Waals surface area contributed by atoms with Crippen LogP contribution < -0.4 is 0 Å². The third-order valence-corrected chi connectivity index (χ3v) is 2.38. The molecular formula is C13H15ClO. The van der Waals surface area contributed by atoms with Crippen molar-refractivity contribution in [1.82, 2.24) is 0 Å². The molecule has 1 aromatic rings. The summed E-state index contributed by atoms with van der Waals surface area (Å²) in [6.07, 6.45) is 1.35. The van der Waals surface area contributed by atoms with E-state index in [1.807, 2.05) is 24.3 Å². The maximum atomic E-state index is 11.4. The van der Waals surface area contributed by atoms with Crippen LogP contribution in [0.3, 0.4) is 0 Å². The smallest absolute Gasteiger partial charge is 0.186 e. The van der Waals surface area contributed by atoms with Crippen LogP contribution in [0.25, 0.3) is 0 Å². The van der Waals surface area contributed by atoms with E-state index >= 15 is 0 Å². The van der Waals surface area contributed by atoms with Crippen LogP contribution in [0.4, 0.5) is 0 Å². The van der Waals surface area contributed by atoms with Crippen LogP contribution in [0.15, 0.2) is 35.9 Å². The average molecular weight is 223 g/mol. The molecule has 0 unspecified atom stereocenters. The molecule has 2 heteroatoms. The highest BCUT2D eigenvalue weighted by Gasteiger charge is 2.13. The number of rotatable bonds is 2. The Kier molecular flexibility index (Phi) is 3.70. The van der Waals surface area contributed by atoms with Gasteiger partial charge in [0.2, 0.25) is 0 Å². The molecule has 0 aromatic heterocycles. The van der Waals surface area contributed by atoms with Crippen LogP contribution in [0.1, 0.15) is 36.7 Å². The normalized spacial score (nSPS) is 12.0. The Labute approximate surface area is 95.8 Å². The molecule has 0 aliphatic heterocycles. The van der Waals surface area contributed by atoms with Crippen LogP contribution in [-0.4, -0.2) is 5.78 Å². The molecule has 80 valence electrons. The minimum absolute atomic E-state index is 0.0644. The number of hydrogen-bond donors (Lipinski definition) is 0. The lowest BCUT2D eigenvalue weighted by Crippen LogP contribution is -2.11. The molecule has 0 aliphatic carbocycles. The molecule has 1 nitrogen and oxygen atoms in total. The standard InChI is InChI=1S/C13H15ClO/c1-13(2,3)11-6-4-10(5-7-11)12(15)8-9-14/h4-9H,1-3H3. The van der Waals surface area contributed by atoms with E-state index in [0.717, 1.165) is 0 Å². The fraction of sp³-hybridized carbons (Fsp3) is 0.308. The summed E-state index contributed by atoms with van der Waals surface area (Å²) in [7, 11) is 0. The summed E-state index contributed by atoms with van der Waals surface area (Å²) < 4.78 is 0. The Bertz CT molecular complexity index is 369. The molecule has 0 radical (unpaired) electrons. The SMILES string of the molecule is CC(C)(C)c1ccc(C(=O)C=CCl)cc1. The van der Waals surface area contributed by atoms with Crippen molar-refractivity contribution in [3.05, 3.63) is 47.0 Å². The average Bonchev–Trinajstić information content (AvgIpc) is 2.17. The number of hydrogen-bond acceptors (Lipinski definition) is 1. The molecule has 0 aliphatic rings. The fourth-order valence-corrected chi connectivity index (χ4v) is 1.40. The van der Waals surface area contributed by atoms with Gasteiger partial charge < -0.3 is 0 Å². The Balaban J connectivity index is 2.95. The number of benzene rings is 1. The zero-order chi connectivity index (χ0) is 11.5. The second kappa shape index (κ2) is 4.63. The van der Waals surface area contributed by atoms with Crippen LogP contribution in [0.5, 0.6) is 0 Å². The van der Waals surface area contributed by atoms with Crippen LogP contribution in [0, 0.1) is 0 Å². The summed E-state index contributed by atoms with van der Waals surface area (Å²) in [6, 6.07) is 7.63. The van der Waals surface area contributed by atoms with Crippen LogP contribution in [0.2, 0.25) is 0 Å². The van der Waals surface area contributed by atoms with Gasteiger partial charge in [-0.3, -0.25) is 4.79 Å². The monoisotopic (exact) mass is 222 g/mol. The van der Waals surface area contributed by atoms with E-state index in [9.17, 15) is 4.79 Å². The highest BCUT2D eigenvalue weighted by molar-refractivity contribution is 6.27. The number of carbonyl (C=O) groups is 1. The second-order valence-electron chi connectivity index (χ2n) is 4.48. The van der Waals surface area contributed by atoms with Gasteiger partial charge in [0, 0.05) is 11.1 Å². The molecular weight excluding hydrogens is 208 g/mol. The Hall–Kier alpha value is -1.08. The lowest BCUT2D eigenvalue weighted by Gasteiger charge is -2.18. The lowest BCUT2D eigenvalue weighted by molar-refractivity contribution is 0.104. The highest BCUT2D eigenvalue weighted by Crippen LogP contribution is 2.22. The predicted molar refractivity (Wildman–Crippen MR) is 64.5 cm³/mol. The van der Waals surface area contributed by atoms with Gasteiger partial charge in [0.05, 0.1) is 0 Å². The maximum absolute atomic E-state index is 11.4. The molecule has 0 saturated carbocycles. The molecule has 0 amide bonds. The van der Waals surface area contributed by atoms with Gasteiger partial charge in [-0.2, -0.15) is 0 Å². The molecule has 15 heavy (non-hydrogen) atoms. The summed E-state index contributed by atoms with van der Waals surface area (Å²) in [5, 5.41) is 0. The Morgan fingerprint density at radius 3 is 2.13 bits per heavy atom. The third kappa shape index (κ3) is 3.21. The van der Waals surface area contributed by atoms with Gasteiger partial charge in [-0.05, 0) is 17.1 Å². The van der Waals surface area contributed by atoms with Gasteiger partial charge in [0.25, 0.3) is 0 Å². The maximum Gasteiger partial charge on any atom is 0.186 e. The number of carbonyl (C=O) groups excluding carboxylic acids is 1. The summed E-state index contributed by atoms with van der Waals surface area (Å²) in [6.45, 7) is 6.42. The van der Waals surface area contributed by atoms with Gasteiger partial charge in [-0.1, -0.05) is 56.6 Å². The molecule has 0 bridgehead atoms. The zero-order valence-electron chi connectivity index (χ0n) is 9.25. The molecule has 1 rings (SSSR count). The van der Waals surface area contributed by atoms with Gasteiger partial charge in [0.15, 0.2) is 5.78 Å². The van der Waals surface area contributed by atoms with E-state index in [4.69, 9.17) is 11.6 Å². The van der Waals surface area contributed by atoms with Crippen LogP contribution in [-0.2, 0) is 5.41 Å². The van der Waals surface area contributed by atoms with Crippen molar-refractivity contribution in [2.45, 2.75) is 26.2 Å². The van der Waals surface area contributed by atoms with Crippen molar-refractivity contribution in [2.24, 2.45) is 0 Å². The second-order valence-corrected chi connectivity index (χ2v) is 4.74. The molecule has 0 saturated heterocycles. The first-order chi connectivity index (χ1) is 6.95. The topological polar surface area (TPSA) is 17.1 Å². The van der Waals surface area contributed by atoms with E-state index in [1.54, 1.807) is 0 Å². The van der Waals surface area contributed by atoms with E-state index < -0.39 is 0 Å². The molecule has 0 heterocycles. The molecule has 0 fully saturated rings. The first-order valence-corrected chi connectivity index (χ1v) is 5.30. The predicted octanol–water partition coefficient (Wildman–Crippen LogP) is 3.92. The zero-order valence-corrected chi connectivity index (χ0v) is 10.0. The quantitative estimate of drug-likeness (QED) is 0.548. The molecule has 0 N–H and O–H groups in total. The van der Waals surface area contributed by atoms with Gasteiger partial charge in [-0.15, -0.1) is 0 Å². The number of ketones is 1. The minimum atomic E-state index is -0.0644. The molecule has 1 aromatic carbocycles. The van der Waals surface area contributed by atoms with E-state index in [-0.39, 0.29) is 11.2 Å². The summed E-state index contributed by atoms with van der Waals surface area (Å²) in [4.78, 5) is 11.4.